The molecule has 1 heterocycles. The largest absolute Gasteiger partial charge is 0.369 e. The van der Waals surface area contributed by atoms with Gasteiger partial charge in [-0.3, -0.25) is 9.69 Å². The van der Waals surface area contributed by atoms with E-state index in [-0.39, 0.29) is 11.8 Å². The number of benzene rings is 1. The summed E-state index contributed by atoms with van der Waals surface area (Å²) in [5.41, 5.74) is 13.1. The maximum absolute atomic E-state index is 11.1. The predicted octanol–water partition coefficient (Wildman–Crippen LogP) is 1.50. The Kier molecular flexibility index (Phi) is 4.80. The van der Waals surface area contributed by atoms with Crippen LogP contribution in [0.1, 0.15) is 24.0 Å². The van der Waals surface area contributed by atoms with Gasteiger partial charge in [0.2, 0.25) is 5.91 Å². The first kappa shape index (κ1) is 14.3. The maximum Gasteiger partial charge on any atom is 0.220 e. The SMILES string of the molecule is NCc1ccc(CN2CCC(C(N)=O)CC2)c(Cl)c1. The number of primary amides is 1. The van der Waals surface area contributed by atoms with Crippen molar-refractivity contribution in [1.29, 1.82) is 0 Å². The lowest BCUT2D eigenvalue weighted by Gasteiger charge is -2.30. The molecule has 2 rings (SSSR count). The molecule has 4 nitrogen and oxygen atoms in total. The van der Waals surface area contributed by atoms with Crippen molar-refractivity contribution in [3.63, 3.8) is 0 Å². The number of piperidine rings is 1. The molecule has 1 aromatic carbocycles. The molecule has 0 spiro atoms. The van der Waals surface area contributed by atoms with Crippen LogP contribution < -0.4 is 11.5 Å². The summed E-state index contributed by atoms with van der Waals surface area (Å²) in [4.78, 5) is 13.4. The second-order valence-corrected chi connectivity index (χ2v) is 5.49. The van der Waals surface area contributed by atoms with Crippen LogP contribution >= 0.6 is 11.6 Å². The Morgan fingerprint density at radius 1 is 1.37 bits per heavy atom. The van der Waals surface area contributed by atoms with E-state index < -0.39 is 0 Å². The van der Waals surface area contributed by atoms with Gasteiger partial charge in [0, 0.05) is 24.0 Å². The van der Waals surface area contributed by atoms with E-state index in [4.69, 9.17) is 23.1 Å². The topological polar surface area (TPSA) is 72.3 Å². The van der Waals surface area contributed by atoms with E-state index in [1.165, 1.54) is 0 Å². The molecule has 0 radical (unpaired) electrons. The third kappa shape index (κ3) is 3.69. The third-order valence-corrected chi connectivity index (χ3v) is 4.09. The maximum atomic E-state index is 11.1. The predicted molar refractivity (Wildman–Crippen MR) is 76.5 cm³/mol. The fourth-order valence-corrected chi connectivity index (χ4v) is 2.73. The number of amides is 1. The molecule has 0 aliphatic carbocycles. The number of hydrogen-bond acceptors (Lipinski definition) is 3. The zero-order valence-corrected chi connectivity index (χ0v) is 11.7. The van der Waals surface area contributed by atoms with Crippen molar-refractivity contribution in [2.75, 3.05) is 13.1 Å². The first-order valence-electron chi connectivity index (χ1n) is 6.59. The summed E-state index contributed by atoms with van der Waals surface area (Å²) in [6.45, 7) is 3.10. The van der Waals surface area contributed by atoms with Gasteiger partial charge in [0.1, 0.15) is 0 Å². The fourth-order valence-electron chi connectivity index (χ4n) is 2.46. The molecular formula is C14H20ClN3O. The highest BCUT2D eigenvalue weighted by molar-refractivity contribution is 6.31. The van der Waals surface area contributed by atoms with Crippen LogP contribution in [-0.2, 0) is 17.9 Å². The second kappa shape index (κ2) is 6.37. The number of hydrogen-bond donors (Lipinski definition) is 2. The Bertz CT molecular complexity index is 456. The van der Waals surface area contributed by atoms with Crippen LogP contribution in [0.3, 0.4) is 0 Å². The van der Waals surface area contributed by atoms with Crippen LogP contribution in [0.4, 0.5) is 0 Å². The highest BCUT2D eigenvalue weighted by Crippen LogP contribution is 2.23. The van der Waals surface area contributed by atoms with E-state index in [1.807, 2.05) is 18.2 Å². The molecule has 5 heteroatoms. The van der Waals surface area contributed by atoms with Crippen molar-refractivity contribution in [1.82, 2.24) is 4.90 Å². The normalized spacial score (nSPS) is 17.6. The first-order valence-corrected chi connectivity index (χ1v) is 6.97. The molecule has 1 aliphatic rings. The van der Waals surface area contributed by atoms with Crippen molar-refractivity contribution in [2.24, 2.45) is 17.4 Å². The van der Waals surface area contributed by atoms with Crippen LogP contribution in [0.25, 0.3) is 0 Å². The number of nitrogens with zero attached hydrogens (tertiary/aromatic N) is 1. The number of halogens is 1. The zero-order chi connectivity index (χ0) is 13.8. The lowest BCUT2D eigenvalue weighted by Crippen LogP contribution is -2.38. The van der Waals surface area contributed by atoms with E-state index in [2.05, 4.69) is 4.90 Å². The summed E-state index contributed by atoms with van der Waals surface area (Å²) in [5.74, 6) is -0.142. The zero-order valence-electron chi connectivity index (χ0n) is 10.9. The van der Waals surface area contributed by atoms with Crippen LogP contribution in [0, 0.1) is 5.92 Å². The minimum atomic E-state index is -0.176. The Labute approximate surface area is 118 Å². The molecule has 4 N–H and O–H groups in total. The summed E-state index contributed by atoms with van der Waals surface area (Å²) >= 11 is 6.25. The summed E-state index contributed by atoms with van der Waals surface area (Å²) in [5, 5.41) is 0.764. The fraction of sp³-hybridized carbons (Fsp3) is 0.500. The van der Waals surface area contributed by atoms with Gasteiger partial charge in [0.15, 0.2) is 0 Å². The molecule has 0 atom stereocenters. The molecule has 1 saturated heterocycles. The van der Waals surface area contributed by atoms with Crippen LogP contribution in [0.2, 0.25) is 5.02 Å². The first-order chi connectivity index (χ1) is 9.10. The Hall–Kier alpha value is -1.10. The Morgan fingerprint density at radius 2 is 2.05 bits per heavy atom. The number of nitrogens with two attached hydrogens (primary N) is 2. The van der Waals surface area contributed by atoms with Crippen molar-refractivity contribution in [3.05, 3.63) is 34.3 Å². The highest BCUT2D eigenvalue weighted by atomic mass is 35.5. The minimum Gasteiger partial charge on any atom is -0.369 e. The quantitative estimate of drug-likeness (QED) is 0.878. The van der Waals surface area contributed by atoms with Gasteiger partial charge in [-0.05, 0) is 43.1 Å². The van der Waals surface area contributed by atoms with E-state index >= 15 is 0 Å². The molecule has 104 valence electrons. The molecular weight excluding hydrogens is 262 g/mol. The van der Waals surface area contributed by atoms with Crippen molar-refractivity contribution in [2.45, 2.75) is 25.9 Å². The standard InChI is InChI=1S/C14H20ClN3O/c15-13-7-10(8-16)1-2-12(13)9-18-5-3-11(4-6-18)14(17)19/h1-2,7,11H,3-6,8-9,16H2,(H2,17,19). The highest BCUT2D eigenvalue weighted by Gasteiger charge is 2.23. The van der Waals surface area contributed by atoms with Crippen molar-refractivity contribution < 1.29 is 4.79 Å². The smallest absolute Gasteiger partial charge is 0.220 e. The lowest BCUT2D eigenvalue weighted by atomic mass is 9.96. The minimum absolute atomic E-state index is 0.0336. The lowest BCUT2D eigenvalue weighted by molar-refractivity contribution is -0.123. The van der Waals surface area contributed by atoms with E-state index in [9.17, 15) is 4.79 Å². The van der Waals surface area contributed by atoms with E-state index in [0.717, 1.165) is 48.6 Å². The van der Waals surface area contributed by atoms with E-state index in [1.54, 1.807) is 0 Å². The van der Waals surface area contributed by atoms with Gasteiger partial charge in [0.25, 0.3) is 0 Å². The average Bonchev–Trinajstić information content (AvgIpc) is 2.41. The summed E-state index contributed by atoms with van der Waals surface area (Å²) < 4.78 is 0. The van der Waals surface area contributed by atoms with Crippen LogP contribution in [0.15, 0.2) is 18.2 Å². The van der Waals surface area contributed by atoms with E-state index in [0.29, 0.717) is 6.54 Å². The third-order valence-electron chi connectivity index (χ3n) is 3.74. The summed E-state index contributed by atoms with van der Waals surface area (Å²) in [6.07, 6.45) is 1.68. The average molecular weight is 282 g/mol. The number of carbonyl (C=O) groups is 1. The Balaban J connectivity index is 1.94. The summed E-state index contributed by atoms with van der Waals surface area (Å²) in [7, 11) is 0. The number of carbonyl (C=O) groups excluding carboxylic acids is 1. The van der Waals surface area contributed by atoms with Gasteiger partial charge in [-0.15, -0.1) is 0 Å². The Morgan fingerprint density at radius 3 is 2.58 bits per heavy atom. The molecule has 0 bridgehead atoms. The second-order valence-electron chi connectivity index (χ2n) is 5.08. The summed E-state index contributed by atoms with van der Waals surface area (Å²) in [6, 6.07) is 5.97. The molecule has 1 fully saturated rings. The van der Waals surface area contributed by atoms with Crippen molar-refractivity contribution >= 4 is 17.5 Å². The van der Waals surface area contributed by atoms with Crippen LogP contribution in [0.5, 0.6) is 0 Å². The van der Waals surface area contributed by atoms with Gasteiger partial charge >= 0.3 is 0 Å². The van der Waals surface area contributed by atoms with Crippen molar-refractivity contribution in [3.8, 4) is 0 Å². The number of likely N-dealkylation sites (tertiary alicyclic amines) is 1. The molecule has 1 aromatic rings. The monoisotopic (exact) mass is 281 g/mol. The van der Waals surface area contributed by atoms with Gasteiger partial charge in [-0.2, -0.15) is 0 Å². The van der Waals surface area contributed by atoms with Gasteiger partial charge in [-0.25, -0.2) is 0 Å². The molecule has 1 aliphatic heterocycles. The number of rotatable bonds is 4. The van der Waals surface area contributed by atoms with Gasteiger partial charge in [0.05, 0.1) is 0 Å². The molecule has 0 saturated carbocycles. The van der Waals surface area contributed by atoms with Gasteiger partial charge < -0.3 is 11.5 Å². The molecule has 19 heavy (non-hydrogen) atoms. The van der Waals surface area contributed by atoms with Crippen LogP contribution in [-0.4, -0.2) is 23.9 Å². The van der Waals surface area contributed by atoms with Gasteiger partial charge in [-0.1, -0.05) is 23.7 Å². The molecule has 0 aromatic heterocycles. The molecule has 1 amide bonds. The molecule has 0 unspecified atom stereocenters.